The number of benzene rings is 2. The van der Waals surface area contributed by atoms with E-state index >= 15 is 0 Å². The monoisotopic (exact) mass is 339 g/mol. The van der Waals surface area contributed by atoms with Gasteiger partial charge in [-0.05, 0) is 31.2 Å². The fourth-order valence-corrected chi connectivity index (χ4v) is 2.89. The number of aryl methyl sites for hydroxylation is 1. The lowest BCUT2D eigenvalue weighted by Gasteiger charge is -2.02. The van der Waals surface area contributed by atoms with Crippen LogP contribution in [0.2, 0.25) is 0 Å². The number of nitrogens with one attached hydrogen (secondary N) is 1. The first-order chi connectivity index (χ1) is 11.5. The third kappa shape index (κ3) is 3.47. The quantitative estimate of drug-likeness (QED) is 0.568. The summed E-state index contributed by atoms with van der Waals surface area (Å²) in [5, 5.41) is 15.7. The minimum Gasteiger partial charge on any atom is -0.298 e. The van der Waals surface area contributed by atoms with E-state index in [9.17, 15) is 14.9 Å². The molecular weight excluding hydrogens is 326 g/mol. The Labute approximate surface area is 141 Å². The lowest BCUT2D eigenvalue weighted by molar-refractivity contribution is -0.384. The Morgan fingerprint density at radius 1 is 1.21 bits per heavy atom. The highest BCUT2D eigenvalue weighted by molar-refractivity contribution is 7.14. The van der Waals surface area contributed by atoms with Crippen LogP contribution in [0, 0.1) is 17.0 Å². The maximum Gasteiger partial charge on any atom is 0.269 e. The molecule has 7 heteroatoms. The largest absolute Gasteiger partial charge is 0.298 e. The molecule has 3 aromatic rings. The summed E-state index contributed by atoms with van der Waals surface area (Å²) < 4.78 is 0. The first kappa shape index (κ1) is 15.8. The molecule has 0 aliphatic heterocycles. The average Bonchev–Trinajstić information content (AvgIpc) is 3.03. The van der Waals surface area contributed by atoms with E-state index in [1.54, 1.807) is 29.6 Å². The van der Waals surface area contributed by atoms with E-state index in [-0.39, 0.29) is 11.6 Å². The third-order valence-electron chi connectivity index (χ3n) is 3.38. The van der Waals surface area contributed by atoms with Gasteiger partial charge in [0.1, 0.15) is 0 Å². The maximum atomic E-state index is 12.2. The van der Waals surface area contributed by atoms with Crippen molar-refractivity contribution in [2.75, 3.05) is 5.32 Å². The molecule has 0 aliphatic carbocycles. The molecule has 1 heterocycles. The number of rotatable bonds is 4. The number of hydrogen-bond acceptors (Lipinski definition) is 5. The molecule has 1 amide bonds. The van der Waals surface area contributed by atoms with Crippen LogP contribution in [-0.4, -0.2) is 15.8 Å². The van der Waals surface area contributed by atoms with E-state index in [1.807, 2.05) is 19.1 Å². The van der Waals surface area contributed by atoms with Crippen molar-refractivity contribution >= 4 is 28.1 Å². The van der Waals surface area contributed by atoms with Crippen LogP contribution in [-0.2, 0) is 0 Å². The van der Waals surface area contributed by atoms with Crippen molar-refractivity contribution in [1.29, 1.82) is 0 Å². The van der Waals surface area contributed by atoms with Crippen LogP contribution in [0.1, 0.15) is 15.9 Å². The zero-order valence-corrected chi connectivity index (χ0v) is 13.5. The van der Waals surface area contributed by atoms with Crippen LogP contribution in [0.25, 0.3) is 11.3 Å². The summed E-state index contributed by atoms with van der Waals surface area (Å²) in [4.78, 5) is 26.8. The summed E-state index contributed by atoms with van der Waals surface area (Å²) in [6.07, 6.45) is 0. The number of aromatic nitrogens is 1. The molecular formula is C17H13N3O3S. The van der Waals surface area contributed by atoms with Gasteiger partial charge >= 0.3 is 0 Å². The minimum atomic E-state index is -0.446. The van der Waals surface area contributed by atoms with Gasteiger partial charge in [0.2, 0.25) is 0 Å². The van der Waals surface area contributed by atoms with E-state index in [0.29, 0.717) is 16.4 Å². The van der Waals surface area contributed by atoms with Gasteiger partial charge in [0, 0.05) is 28.6 Å². The summed E-state index contributed by atoms with van der Waals surface area (Å²) in [7, 11) is 0. The number of carbonyl (C=O) groups excluding carboxylic acids is 1. The Hall–Kier alpha value is -3.06. The Kier molecular flexibility index (Phi) is 4.35. The van der Waals surface area contributed by atoms with Crippen LogP contribution in [0.5, 0.6) is 0 Å². The molecule has 0 saturated carbocycles. The van der Waals surface area contributed by atoms with Gasteiger partial charge in [-0.1, -0.05) is 17.7 Å². The van der Waals surface area contributed by atoms with Crippen molar-refractivity contribution in [3.63, 3.8) is 0 Å². The second-order valence-electron chi connectivity index (χ2n) is 5.17. The highest BCUT2D eigenvalue weighted by Gasteiger charge is 2.11. The first-order valence-electron chi connectivity index (χ1n) is 7.11. The Morgan fingerprint density at radius 3 is 2.62 bits per heavy atom. The van der Waals surface area contributed by atoms with Crippen LogP contribution in [0.15, 0.2) is 53.9 Å². The Balaban J connectivity index is 1.75. The van der Waals surface area contributed by atoms with Gasteiger partial charge in [0.05, 0.1) is 10.6 Å². The van der Waals surface area contributed by atoms with E-state index in [4.69, 9.17) is 0 Å². The van der Waals surface area contributed by atoms with Crippen LogP contribution < -0.4 is 5.32 Å². The molecule has 1 N–H and O–H groups in total. The predicted octanol–water partition coefficient (Wildman–Crippen LogP) is 4.28. The van der Waals surface area contributed by atoms with E-state index < -0.39 is 4.92 Å². The molecule has 0 aliphatic rings. The first-order valence-corrected chi connectivity index (χ1v) is 7.99. The van der Waals surface area contributed by atoms with Crippen molar-refractivity contribution in [2.24, 2.45) is 0 Å². The molecule has 0 saturated heterocycles. The average molecular weight is 339 g/mol. The van der Waals surface area contributed by atoms with Gasteiger partial charge in [-0.3, -0.25) is 20.2 Å². The molecule has 0 bridgehead atoms. The molecule has 120 valence electrons. The fourth-order valence-electron chi connectivity index (χ4n) is 2.17. The molecule has 6 nitrogen and oxygen atoms in total. The number of non-ortho nitro benzene ring substituents is 1. The topological polar surface area (TPSA) is 85.1 Å². The van der Waals surface area contributed by atoms with Crippen LogP contribution in [0.3, 0.4) is 0 Å². The molecule has 0 atom stereocenters. The third-order valence-corrected chi connectivity index (χ3v) is 4.14. The number of amides is 1. The Morgan fingerprint density at radius 2 is 1.96 bits per heavy atom. The van der Waals surface area contributed by atoms with Crippen molar-refractivity contribution < 1.29 is 9.72 Å². The highest BCUT2D eigenvalue weighted by atomic mass is 32.1. The van der Waals surface area contributed by atoms with Crippen LogP contribution >= 0.6 is 11.3 Å². The minimum absolute atomic E-state index is 0.0296. The fraction of sp³-hybridized carbons (Fsp3) is 0.0588. The summed E-state index contributed by atoms with van der Waals surface area (Å²) >= 11 is 1.31. The molecule has 0 unspecified atom stereocenters. The zero-order valence-electron chi connectivity index (χ0n) is 12.7. The lowest BCUT2D eigenvalue weighted by Crippen LogP contribution is -2.11. The Bertz CT molecular complexity index is 903. The highest BCUT2D eigenvalue weighted by Crippen LogP contribution is 2.26. The lowest BCUT2D eigenvalue weighted by atomic mass is 10.1. The normalized spacial score (nSPS) is 10.4. The molecule has 2 aromatic carbocycles. The number of anilines is 1. The second-order valence-corrected chi connectivity index (χ2v) is 6.02. The maximum absolute atomic E-state index is 12.2. The molecule has 1 aromatic heterocycles. The van der Waals surface area contributed by atoms with E-state index in [0.717, 1.165) is 11.1 Å². The van der Waals surface area contributed by atoms with Gasteiger partial charge in [-0.25, -0.2) is 4.98 Å². The summed E-state index contributed by atoms with van der Waals surface area (Å²) in [6, 6.07) is 13.4. The van der Waals surface area contributed by atoms with E-state index in [2.05, 4.69) is 10.3 Å². The van der Waals surface area contributed by atoms with Crippen molar-refractivity contribution in [1.82, 2.24) is 4.98 Å². The molecule has 0 fully saturated rings. The van der Waals surface area contributed by atoms with Gasteiger partial charge in [0.25, 0.3) is 11.6 Å². The number of nitro benzene ring substituents is 1. The van der Waals surface area contributed by atoms with Crippen LogP contribution in [0.4, 0.5) is 10.8 Å². The number of carbonyl (C=O) groups is 1. The van der Waals surface area contributed by atoms with Gasteiger partial charge < -0.3 is 0 Å². The number of thiazole rings is 1. The van der Waals surface area contributed by atoms with Gasteiger partial charge in [-0.15, -0.1) is 11.3 Å². The SMILES string of the molecule is Cc1cccc(C(=O)Nc2nc(-c3ccc([N+](=O)[O-])cc3)cs2)c1. The number of hydrogen-bond donors (Lipinski definition) is 1. The number of nitrogens with zero attached hydrogens (tertiary/aromatic N) is 2. The summed E-state index contributed by atoms with van der Waals surface area (Å²) in [5.41, 5.74) is 3.03. The molecule has 0 radical (unpaired) electrons. The van der Waals surface area contributed by atoms with E-state index in [1.165, 1.54) is 23.5 Å². The predicted molar refractivity (Wildman–Crippen MR) is 93.3 cm³/mol. The van der Waals surface area contributed by atoms with Crippen molar-refractivity contribution in [3.8, 4) is 11.3 Å². The molecule has 0 spiro atoms. The van der Waals surface area contributed by atoms with Gasteiger partial charge in [-0.2, -0.15) is 0 Å². The number of nitro groups is 1. The molecule has 24 heavy (non-hydrogen) atoms. The summed E-state index contributed by atoms with van der Waals surface area (Å²) in [5.74, 6) is -0.219. The standard InChI is InChI=1S/C17H13N3O3S/c1-11-3-2-4-13(9-11)16(21)19-17-18-15(10-24-17)12-5-7-14(8-6-12)20(22)23/h2-10H,1H3,(H,18,19,21). The van der Waals surface area contributed by atoms with Crippen molar-refractivity contribution in [3.05, 3.63) is 75.2 Å². The smallest absolute Gasteiger partial charge is 0.269 e. The molecule has 3 rings (SSSR count). The van der Waals surface area contributed by atoms with Gasteiger partial charge in [0.15, 0.2) is 5.13 Å². The van der Waals surface area contributed by atoms with Crippen molar-refractivity contribution in [2.45, 2.75) is 6.92 Å². The summed E-state index contributed by atoms with van der Waals surface area (Å²) in [6.45, 7) is 1.92. The second kappa shape index (κ2) is 6.59. The zero-order chi connectivity index (χ0) is 17.1.